The van der Waals surface area contributed by atoms with Crippen molar-refractivity contribution in [1.29, 1.82) is 0 Å². The second kappa shape index (κ2) is 5.36. The Bertz CT molecular complexity index is 468. The molecule has 0 fully saturated rings. The van der Waals surface area contributed by atoms with Gasteiger partial charge in [-0.1, -0.05) is 12.1 Å². The predicted octanol–water partition coefficient (Wildman–Crippen LogP) is 2.99. The van der Waals surface area contributed by atoms with Crippen LogP contribution in [0.3, 0.4) is 0 Å². The van der Waals surface area contributed by atoms with Crippen LogP contribution in [0.1, 0.15) is 11.3 Å². The van der Waals surface area contributed by atoms with Gasteiger partial charge in [-0.15, -0.1) is 0 Å². The third kappa shape index (κ3) is 2.99. The summed E-state index contributed by atoms with van der Waals surface area (Å²) in [5.74, 6) is 0.902. The molecule has 0 aliphatic heterocycles. The highest BCUT2D eigenvalue weighted by atomic mass is 127. The first-order valence-electron chi connectivity index (χ1n) is 4.96. The molecular formula is C12H12INO2. The lowest BCUT2D eigenvalue weighted by Crippen LogP contribution is -1.98. The summed E-state index contributed by atoms with van der Waals surface area (Å²) in [6.45, 7) is 0.714. The van der Waals surface area contributed by atoms with Gasteiger partial charge in [-0.2, -0.15) is 0 Å². The van der Waals surface area contributed by atoms with Crippen LogP contribution in [0.5, 0.6) is 0 Å². The summed E-state index contributed by atoms with van der Waals surface area (Å²) < 4.78 is 6.32. The first-order chi connectivity index (χ1) is 7.78. The van der Waals surface area contributed by atoms with Gasteiger partial charge in [0.2, 0.25) is 0 Å². The Kier molecular flexibility index (Phi) is 3.84. The van der Waals surface area contributed by atoms with Crippen molar-refractivity contribution < 1.29 is 9.52 Å². The molecule has 1 aromatic carbocycles. The number of rotatable bonds is 4. The molecule has 1 heterocycles. The van der Waals surface area contributed by atoms with E-state index < -0.39 is 0 Å². The molecule has 3 nitrogen and oxygen atoms in total. The number of benzene rings is 1. The van der Waals surface area contributed by atoms with Crippen molar-refractivity contribution in [2.75, 3.05) is 5.32 Å². The minimum absolute atomic E-state index is 0.0637. The van der Waals surface area contributed by atoms with Gasteiger partial charge in [-0.25, -0.2) is 0 Å². The standard InChI is InChI=1S/C12H12INO2/c13-12-5-4-11(16-12)7-14-10-3-1-2-9(6-10)8-15/h1-6,14-15H,7-8H2. The average molecular weight is 329 g/mol. The van der Waals surface area contributed by atoms with E-state index in [0.717, 1.165) is 20.8 Å². The van der Waals surface area contributed by atoms with E-state index in [2.05, 4.69) is 27.9 Å². The molecule has 0 aliphatic carbocycles. The summed E-state index contributed by atoms with van der Waals surface area (Å²) in [5, 5.41) is 12.2. The fourth-order valence-electron chi connectivity index (χ4n) is 1.42. The topological polar surface area (TPSA) is 45.4 Å². The molecule has 2 aromatic rings. The number of nitrogens with one attached hydrogen (secondary N) is 1. The van der Waals surface area contributed by atoms with Gasteiger partial charge in [-0.05, 0) is 52.4 Å². The van der Waals surface area contributed by atoms with Crippen molar-refractivity contribution in [1.82, 2.24) is 0 Å². The Morgan fingerprint density at radius 1 is 1.25 bits per heavy atom. The lowest BCUT2D eigenvalue weighted by molar-refractivity contribution is 0.282. The van der Waals surface area contributed by atoms with Gasteiger partial charge in [0.05, 0.1) is 13.2 Å². The van der Waals surface area contributed by atoms with E-state index >= 15 is 0 Å². The monoisotopic (exact) mass is 329 g/mol. The summed E-state index contributed by atoms with van der Waals surface area (Å²) in [4.78, 5) is 0. The maximum absolute atomic E-state index is 9.00. The molecule has 0 saturated heterocycles. The highest BCUT2D eigenvalue weighted by Gasteiger charge is 1.99. The molecule has 0 radical (unpaired) electrons. The Morgan fingerprint density at radius 2 is 2.12 bits per heavy atom. The van der Waals surface area contributed by atoms with E-state index in [9.17, 15) is 0 Å². The van der Waals surface area contributed by atoms with Crippen molar-refractivity contribution in [3.8, 4) is 0 Å². The molecule has 1 aromatic heterocycles. The zero-order valence-electron chi connectivity index (χ0n) is 8.61. The molecule has 0 spiro atoms. The fraction of sp³-hybridized carbons (Fsp3) is 0.167. The van der Waals surface area contributed by atoms with Crippen molar-refractivity contribution in [2.45, 2.75) is 13.2 Å². The van der Waals surface area contributed by atoms with Crippen LogP contribution < -0.4 is 5.32 Å². The molecule has 0 aliphatic rings. The number of aliphatic hydroxyl groups is 1. The average Bonchev–Trinajstić information content (AvgIpc) is 2.73. The number of hydrogen-bond acceptors (Lipinski definition) is 3. The summed E-state index contributed by atoms with van der Waals surface area (Å²) in [5.41, 5.74) is 1.89. The fourth-order valence-corrected chi connectivity index (χ4v) is 1.88. The SMILES string of the molecule is OCc1cccc(NCc2ccc(I)o2)c1. The van der Waals surface area contributed by atoms with Gasteiger partial charge >= 0.3 is 0 Å². The molecule has 16 heavy (non-hydrogen) atoms. The summed E-state index contributed by atoms with van der Waals surface area (Å²) in [7, 11) is 0. The molecule has 0 bridgehead atoms. The van der Waals surface area contributed by atoms with Crippen LogP contribution in [0.4, 0.5) is 5.69 Å². The minimum Gasteiger partial charge on any atom is -0.454 e. The Morgan fingerprint density at radius 3 is 2.81 bits per heavy atom. The first-order valence-corrected chi connectivity index (χ1v) is 6.03. The third-order valence-corrected chi connectivity index (χ3v) is 2.78. The van der Waals surface area contributed by atoms with Crippen LogP contribution >= 0.6 is 22.6 Å². The molecule has 84 valence electrons. The van der Waals surface area contributed by atoms with Crippen molar-refractivity contribution >= 4 is 28.3 Å². The van der Waals surface area contributed by atoms with E-state index in [-0.39, 0.29) is 6.61 Å². The van der Waals surface area contributed by atoms with E-state index in [0.29, 0.717) is 6.54 Å². The molecule has 0 saturated carbocycles. The van der Waals surface area contributed by atoms with Crippen LogP contribution in [0.15, 0.2) is 40.8 Å². The smallest absolute Gasteiger partial charge is 0.164 e. The Labute approximate surface area is 108 Å². The van der Waals surface area contributed by atoms with Crippen molar-refractivity contribution in [3.05, 3.63) is 51.5 Å². The normalized spacial score (nSPS) is 10.4. The van der Waals surface area contributed by atoms with Crippen LogP contribution in [0.2, 0.25) is 0 Å². The molecule has 4 heteroatoms. The van der Waals surface area contributed by atoms with Crippen molar-refractivity contribution in [2.24, 2.45) is 0 Å². The van der Waals surface area contributed by atoms with Gasteiger partial charge in [0.1, 0.15) is 5.76 Å². The van der Waals surface area contributed by atoms with Crippen LogP contribution in [0, 0.1) is 3.77 Å². The van der Waals surface area contributed by atoms with E-state index in [1.165, 1.54) is 0 Å². The van der Waals surface area contributed by atoms with E-state index in [1.807, 2.05) is 36.4 Å². The lowest BCUT2D eigenvalue weighted by Gasteiger charge is -2.05. The summed E-state index contributed by atoms with van der Waals surface area (Å²) in [6, 6.07) is 11.6. The molecule has 2 N–H and O–H groups in total. The Hall–Kier alpha value is -1.01. The number of aliphatic hydroxyl groups excluding tert-OH is 1. The Balaban J connectivity index is 1.99. The maximum Gasteiger partial charge on any atom is 0.164 e. The predicted molar refractivity (Wildman–Crippen MR) is 71.1 cm³/mol. The maximum atomic E-state index is 9.00. The zero-order chi connectivity index (χ0) is 11.4. The number of furan rings is 1. The van der Waals surface area contributed by atoms with Crippen LogP contribution in [-0.2, 0) is 13.2 Å². The second-order valence-electron chi connectivity index (χ2n) is 3.42. The molecule has 0 unspecified atom stereocenters. The van der Waals surface area contributed by atoms with Gasteiger partial charge in [0.25, 0.3) is 0 Å². The lowest BCUT2D eigenvalue weighted by atomic mass is 10.2. The van der Waals surface area contributed by atoms with Crippen LogP contribution in [-0.4, -0.2) is 5.11 Å². The molecule has 0 amide bonds. The van der Waals surface area contributed by atoms with E-state index in [1.54, 1.807) is 0 Å². The minimum atomic E-state index is 0.0637. The third-order valence-electron chi connectivity index (χ3n) is 2.21. The molecule has 2 rings (SSSR count). The van der Waals surface area contributed by atoms with Gasteiger partial charge < -0.3 is 14.8 Å². The molecular weight excluding hydrogens is 317 g/mol. The van der Waals surface area contributed by atoms with E-state index in [4.69, 9.17) is 9.52 Å². The largest absolute Gasteiger partial charge is 0.454 e. The number of halogens is 1. The van der Waals surface area contributed by atoms with Gasteiger partial charge in [0, 0.05) is 5.69 Å². The molecule has 0 atom stereocenters. The first kappa shape index (κ1) is 11.5. The highest BCUT2D eigenvalue weighted by molar-refractivity contribution is 14.1. The zero-order valence-corrected chi connectivity index (χ0v) is 10.8. The second-order valence-corrected chi connectivity index (χ2v) is 4.48. The summed E-state index contributed by atoms with van der Waals surface area (Å²) >= 11 is 2.14. The quantitative estimate of drug-likeness (QED) is 0.848. The number of anilines is 1. The van der Waals surface area contributed by atoms with Crippen molar-refractivity contribution in [3.63, 3.8) is 0 Å². The number of hydrogen-bond donors (Lipinski definition) is 2. The highest BCUT2D eigenvalue weighted by Crippen LogP contribution is 2.14. The van der Waals surface area contributed by atoms with Gasteiger partial charge in [0.15, 0.2) is 3.77 Å². The summed E-state index contributed by atoms with van der Waals surface area (Å²) in [6.07, 6.45) is 0. The van der Waals surface area contributed by atoms with Gasteiger partial charge in [-0.3, -0.25) is 0 Å². The van der Waals surface area contributed by atoms with Crippen LogP contribution in [0.25, 0.3) is 0 Å².